The Hall–Kier alpha value is -3.24. The number of carbonyl (C=O) groups is 1. The van der Waals surface area contributed by atoms with Crippen LogP contribution in [0.3, 0.4) is 0 Å². The highest BCUT2D eigenvalue weighted by atomic mass is 19.1. The lowest BCUT2D eigenvalue weighted by molar-refractivity contribution is 0.0967. The summed E-state index contributed by atoms with van der Waals surface area (Å²) in [5.41, 5.74) is 2.52. The first-order chi connectivity index (χ1) is 14.5. The Balaban J connectivity index is 1.81. The van der Waals surface area contributed by atoms with Crippen molar-refractivity contribution in [3.8, 4) is 6.07 Å². The summed E-state index contributed by atoms with van der Waals surface area (Å²) in [5.74, 6) is -0.352. The molecule has 7 heteroatoms. The van der Waals surface area contributed by atoms with Crippen molar-refractivity contribution in [2.75, 3.05) is 32.7 Å². The maximum atomic E-state index is 13.9. The number of carbonyl (C=O) groups excluding carboxylic acids is 1. The van der Waals surface area contributed by atoms with Crippen LogP contribution in [0.4, 0.5) is 10.1 Å². The summed E-state index contributed by atoms with van der Waals surface area (Å²) in [6.45, 7) is 7.29. The molecule has 1 fully saturated rings. The topological polar surface area (TPSA) is 71.7 Å². The quantitative estimate of drug-likeness (QED) is 0.623. The number of guanidine groups is 1. The lowest BCUT2D eigenvalue weighted by Crippen LogP contribution is -2.53. The minimum atomic E-state index is -0.411. The molecule has 1 N–H and O–H groups in total. The SMILES string of the molecule is Cc1ccc(C(=O)NC(=Nc2ccccc2C)N2CCN(CCC#N)CC2)cc1F. The maximum Gasteiger partial charge on any atom is 0.258 e. The Morgan fingerprint density at radius 3 is 2.53 bits per heavy atom. The Morgan fingerprint density at radius 1 is 1.13 bits per heavy atom. The third-order valence-electron chi connectivity index (χ3n) is 5.21. The van der Waals surface area contributed by atoms with Gasteiger partial charge in [-0.05, 0) is 43.2 Å². The maximum absolute atomic E-state index is 13.9. The van der Waals surface area contributed by atoms with E-state index in [0.29, 0.717) is 31.0 Å². The molecule has 1 heterocycles. The van der Waals surface area contributed by atoms with Crippen LogP contribution in [0, 0.1) is 31.0 Å². The molecule has 2 aromatic carbocycles. The molecule has 6 nitrogen and oxygen atoms in total. The molecule has 1 saturated heterocycles. The van der Waals surface area contributed by atoms with Crippen LogP contribution in [0.25, 0.3) is 0 Å². The van der Waals surface area contributed by atoms with Crippen LogP contribution in [0.5, 0.6) is 0 Å². The molecule has 0 unspecified atom stereocenters. The molecule has 156 valence electrons. The highest BCUT2D eigenvalue weighted by molar-refractivity contribution is 6.06. The molecule has 0 atom stereocenters. The number of nitrogens with one attached hydrogen (secondary N) is 1. The molecule has 0 aromatic heterocycles. The van der Waals surface area contributed by atoms with Gasteiger partial charge >= 0.3 is 0 Å². The molecule has 0 aliphatic carbocycles. The zero-order valence-electron chi connectivity index (χ0n) is 17.4. The van der Waals surface area contributed by atoms with E-state index in [1.54, 1.807) is 19.1 Å². The predicted octanol–water partition coefficient (Wildman–Crippen LogP) is 3.39. The Labute approximate surface area is 176 Å². The average molecular weight is 407 g/mol. The third kappa shape index (κ3) is 5.43. The first kappa shape index (κ1) is 21.5. The summed E-state index contributed by atoms with van der Waals surface area (Å²) in [6, 6.07) is 14.3. The van der Waals surface area contributed by atoms with Gasteiger partial charge in [-0.3, -0.25) is 15.0 Å². The van der Waals surface area contributed by atoms with Crippen LogP contribution in [-0.2, 0) is 0 Å². The smallest absolute Gasteiger partial charge is 0.258 e. The first-order valence-corrected chi connectivity index (χ1v) is 10.0. The van der Waals surface area contributed by atoms with Crippen LogP contribution < -0.4 is 5.32 Å². The fourth-order valence-electron chi connectivity index (χ4n) is 3.28. The number of nitrogens with zero attached hydrogens (tertiary/aromatic N) is 4. The summed E-state index contributed by atoms with van der Waals surface area (Å²) < 4.78 is 13.9. The van der Waals surface area contributed by atoms with Gasteiger partial charge in [-0.15, -0.1) is 0 Å². The monoisotopic (exact) mass is 407 g/mol. The zero-order chi connectivity index (χ0) is 21.5. The van der Waals surface area contributed by atoms with Crippen molar-refractivity contribution in [3.05, 3.63) is 65.0 Å². The second kappa shape index (κ2) is 9.99. The fourth-order valence-corrected chi connectivity index (χ4v) is 3.28. The van der Waals surface area contributed by atoms with Crippen LogP contribution in [0.1, 0.15) is 27.9 Å². The van der Waals surface area contributed by atoms with Crippen molar-refractivity contribution in [2.24, 2.45) is 4.99 Å². The van der Waals surface area contributed by atoms with Crippen molar-refractivity contribution in [1.29, 1.82) is 5.26 Å². The van der Waals surface area contributed by atoms with E-state index in [2.05, 4.69) is 16.3 Å². The van der Waals surface area contributed by atoms with E-state index in [1.165, 1.54) is 6.07 Å². The van der Waals surface area contributed by atoms with Gasteiger partial charge < -0.3 is 4.90 Å². The number of nitriles is 1. The molecule has 3 rings (SSSR count). The van der Waals surface area contributed by atoms with Crippen LogP contribution in [0.15, 0.2) is 47.5 Å². The number of rotatable bonds is 4. The van der Waals surface area contributed by atoms with Crippen LogP contribution in [0.2, 0.25) is 0 Å². The summed E-state index contributed by atoms with van der Waals surface area (Å²) in [7, 11) is 0. The molecule has 2 aromatic rings. The highest BCUT2D eigenvalue weighted by Gasteiger charge is 2.22. The lowest BCUT2D eigenvalue weighted by Gasteiger charge is -2.36. The van der Waals surface area contributed by atoms with Crippen molar-refractivity contribution >= 4 is 17.6 Å². The standard InChI is InChI=1S/C23H26FN5O/c1-17-8-9-19(16-20(17)24)22(30)27-23(26-21-7-4-3-6-18(21)2)29-14-12-28(13-15-29)11-5-10-25/h3-4,6-9,16H,5,11-15H2,1-2H3,(H,26,27,30). The Morgan fingerprint density at radius 2 is 1.87 bits per heavy atom. The van der Waals surface area contributed by atoms with E-state index < -0.39 is 11.7 Å². The number of aliphatic imine (C=N–C) groups is 1. The van der Waals surface area contributed by atoms with Crippen molar-refractivity contribution in [3.63, 3.8) is 0 Å². The lowest BCUT2D eigenvalue weighted by atomic mass is 10.1. The molecule has 0 radical (unpaired) electrons. The van der Waals surface area contributed by atoms with Gasteiger partial charge in [0.15, 0.2) is 0 Å². The van der Waals surface area contributed by atoms with Gasteiger partial charge in [-0.2, -0.15) is 5.26 Å². The summed E-state index contributed by atoms with van der Waals surface area (Å²) in [4.78, 5) is 21.8. The van der Waals surface area contributed by atoms with Gasteiger partial charge in [0.25, 0.3) is 5.91 Å². The van der Waals surface area contributed by atoms with E-state index in [0.717, 1.165) is 30.9 Å². The van der Waals surface area contributed by atoms with Gasteiger partial charge in [0.2, 0.25) is 5.96 Å². The van der Waals surface area contributed by atoms with Crippen molar-refractivity contribution in [1.82, 2.24) is 15.1 Å². The number of benzene rings is 2. The molecular weight excluding hydrogens is 381 g/mol. The Bertz CT molecular complexity index is 974. The molecule has 0 bridgehead atoms. The van der Waals surface area contributed by atoms with E-state index in [1.807, 2.05) is 36.1 Å². The number of hydrogen-bond acceptors (Lipinski definition) is 4. The van der Waals surface area contributed by atoms with Crippen molar-refractivity contribution < 1.29 is 9.18 Å². The molecule has 1 aliphatic heterocycles. The first-order valence-electron chi connectivity index (χ1n) is 10.0. The van der Waals surface area contributed by atoms with Gasteiger partial charge in [0.1, 0.15) is 5.82 Å². The van der Waals surface area contributed by atoms with E-state index in [-0.39, 0.29) is 5.56 Å². The molecular formula is C23H26FN5O. The molecule has 1 aliphatic rings. The fraction of sp³-hybridized carbons (Fsp3) is 0.348. The van der Waals surface area contributed by atoms with Crippen molar-refractivity contribution in [2.45, 2.75) is 20.3 Å². The van der Waals surface area contributed by atoms with Gasteiger partial charge in [0.05, 0.1) is 11.8 Å². The van der Waals surface area contributed by atoms with Gasteiger partial charge in [0, 0.05) is 44.7 Å². The molecule has 30 heavy (non-hydrogen) atoms. The van der Waals surface area contributed by atoms with Crippen LogP contribution >= 0.6 is 0 Å². The Kier molecular flexibility index (Phi) is 7.15. The molecule has 0 saturated carbocycles. The number of hydrogen-bond donors (Lipinski definition) is 1. The van der Waals surface area contributed by atoms with Crippen LogP contribution in [-0.4, -0.2) is 54.4 Å². The highest BCUT2D eigenvalue weighted by Crippen LogP contribution is 2.18. The molecule has 0 spiro atoms. The summed E-state index contributed by atoms with van der Waals surface area (Å²) in [5, 5.41) is 11.7. The number of para-hydroxylation sites is 1. The minimum absolute atomic E-state index is 0.253. The number of aryl methyl sites for hydroxylation is 2. The number of amides is 1. The van der Waals surface area contributed by atoms with Gasteiger partial charge in [-0.25, -0.2) is 9.38 Å². The zero-order valence-corrected chi connectivity index (χ0v) is 17.4. The predicted molar refractivity (Wildman–Crippen MR) is 115 cm³/mol. The second-order valence-electron chi connectivity index (χ2n) is 7.38. The number of halogens is 1. The second-order valence-corrected chi connectivity index (χ2v) is 7.38. The van der Waals surface area contributed by atoms with E-state index in [9.17, 15) is 9.18 Å². The minimum Gasteiger partial charge on any atom is -0.340 e. The van der Waals surface area contributed by atoms with E-state index in [4.69, 9.17) is 10.3 Å². The number of piperazine rings is 1. The third-order valence-corrected chi connectivity index (χ3v) is 5.21. The largest absolute Gasteiger partial charge is 0.340 e. The van der Waals surface area contributed by atoms with Gasteiger partial charge in [-0.1, -0.05) is 24.3 Å². The summed E-state index contributed by atoms with van der Waals surface area (Å²) >= 11 is 0. The van der Waals surface area contributed by atoms with E-state index >= 15 is 0 Å². The average Bonchev–Trinajstić information content (AvgIpc) is 2.75. The summed E-state index contributed by atoms with van der Waals surface area (Å²) in [6.07, 6.45) is 0.500. The molecule has 1 amide bonds. The normalized spacial score (nSPS) is 15.0.